The summed E-state index contributed by atoms with van der Waals surface area (Å²) < 4.78 is 39.8. The molecule has 5 aromatic rings. The number of fused-ring (bicyclic) bond motifs is 1. The third kappa shape index (κ3) is 4.38. The molecule has 35 heavy (non-hydrogen) atoms. The van der Waals surface area contributed by atoms with Crippen LogP contribution in [-0.2, 0) is 6.18 Å². The Morgan fingerprint density at radius 3 is 1.83 bits per heavy atom. The van der Waals surface area contributed by atoms with E-state index < -0.39 is 17.3 Å². The molecule has 0 fully saturated rings. The Hall–Kier alpha value is -3.75. The number of rotatable bonds is 3. The Balaban J connectivity index is 1.73. The fourth-order valence-electron chi connectivity index (χ4n) is 3.69. The molecule has 5 rings (SSSR count). The van der Waals surface area contributed by atoms with Gasteiger partial charge < -0.3 is 0 Å². The predicted molar refractivity (Wildman–Crippen MR) is 128 cm³/mol. The highest BCUT2D eigenvalue weighted by atomic mass is 35.5. The number of halogens is 5. The Labute approximate surface area is 206 Å². The van der Waals surface area contributed by atoms with Crippen molar-refractivity contribution in [2.24, 2.45) is 0 Å². The van der Waals surface area contributed by atoms with Crippen molar-refractivity contribution in [2.75, 3.05) is 0 Å². The average molecular weight is 513 g/mol. The molecule has 2 aromatic heterocycles. The molecule has 0 amide bonds. The molecule has 0 saturated carbocycles. The van der Waals surface area contributed by atoms with Crippen molar-refractivity contribution in [3.05, 3.63) is 105 Å². The fourth-order valence-corrected chi connectivity index (χ4v) is 3.94. The SMILES string of the molecule is O=c1c(-c2ccc(C(F)(F)F)cc2)nnc2c(-c3ccc(Cl)cc3)c(-c3ccc(Cl)cc3)cnn12. The molecule has 0 atom stereocenters. The molecular formula is C25H13Cl2F3N4O. The molecule has 0 aliphatic carbocycles. The molecule has 3 aromatic carbocycles. The minimum Gasteiger partial charge on any atom is -0.265 e. The van der Waals surface area contributed by atoms with Gasteiger partial charge in [0.15, 0.2) is 11.3 Å². The van der Waals surface area contributed by atoms with Crippen LogP contribution in [0.3, 0.4) is 0 Å². The molecule has 0 unspecified atom stereocenters. The summed E-state index contributed by atoms with van der Waals surface area (Å²) in [7, 11) is 0. The van der Waals surface area contributed by atoms with Gasteiger partial charge in [-0.15, -0.1) is 10.2 Å². The van der Waals surface area contributed by atoms with Crippen LogP contribution in [0.1, 0.15) is 5.56 Å². The van der Waals surface area contributed by atoms with Crippen LogP contribution in [-0.4, -0.2) is 19.8 Å². The van der Waals surface area contributed by atoms with Crippen LogP contribution in [0.4, 0.5) is 13.2 Å². The maximum absolute atomic E-state index is 13.3. The molecule has 0 spiro atoms. The molecule has 2 heterocycles. The predicted octanol–water partition coefficient (Wildman–Crippen LogP) is 6.81. The van der Waals surface area contributed by atoms with E-state index in [9.17, 15) is 18.0 Å². The number of hydrogen-bond acceptors (Lipinski definition) is 4. The van der Waals surface area contributed by atoms with Gasteiger partial charge in [-0.3, -0.25) is 4.79 Å². The second-order valence-electron chi connectivity index (χ2n) is 7.61. The average Bonchev–Trinajstić information content (AvgIpc) is 2.84. The molecule has 10 heteroatoms. The Kier molecular flexibility index (Phi) is 5.78. The van der Waals surface area contributed by atoms with E-state index in [1.165, 1.54) is 18.3 Å². The third-order valence-electron chi connectivity index (χ3n) is 5.41. The molecule has 5 nitrogen and oxygen atoms in total. The van der Waals surface area contributed by atoms with Crippen LogP contribution >= 0.6 is 23.2 Å². The molecule has 174 valence electrons. The van der Waals surface area contributed by atoms with Crippen molar-refractivity contribution >= 4 is 28.8 Å². The van der Waals surface area contributed by atoms with Gasteiger partial charge in [0, 0.05) is 26.7 Å². The monoisotopic (exact) mass is 512 g/mol. The quantitative estimate of drug-likeness (QED) is 0.266. The van der Waals surface area contributed by atoms with Crippen LogP contribution in [0.25, 0.3) is 39.2 Å². The van der Waals surface area contributed by atoms with Gasteiger partial charge in [-0.25, -0.2) is 0 Å². The van der Waals surface area contributed by atoms with Crippen molar-refractivity contribution in [3.8, 4) is 33.5 Å². The van der Waals surface area contributed by atoms with Crippen molar-refractivity contribution < 1.29 is 13.2 Å². The first-order chi connectivity index (χ1) is 16.7. The lowest BCUT2D eigenvalue weighted by molar-refractivity contribution is -0.137. The van der Waals surface area contributed by atoms with Crippen LogP contribution in [0.5, 0.6) is 0 Å². The maximum Gasteiger partial charge on any atom is 0.416 e. The number of benzene rings is 3. The molecule has 0 saturated heterocycles. The summed E-state index contributed by atoms with van der Waals surface area (Å²) in [6.07, 6.45) is -2.96. The number of hydrogen-bond donors (Lipinski definition) is 0. The molecule has 0 radical (unpaired) electrons. The van der Waals surface area contributed by atoms with Crippen molar-refractivity contribution in [1.82, 2.24) is 19.8 Å². The van der Waals surface area contributed by atoms with Gasteiger partial charge in [-0.05, 0) is 47.5 Å². The summed E-state index contributed by atoms with van der Waals surface area (Å²) in [5.41, 5.74) is 1.58. The molecule has 0 bridgehead atoms. The zero-order chi connectivity index (χ0) is 24.7. The highest BCUT2D eigenvalue weighted by Crippen LogP contribution is 2.35. The van der Waals surface area contributed by atoms with Gasteiger partial charge in [-0.1, -0.05) is 59.6 Å². The first-order valence-electron chi connectivity index (χ1n) is 10.2. The van der Waals surface area contributed by atoms with Gasteiger partial charge in [0.1, 0.15) is 0 Å². The fraction of sp³-hybridized carbons (Fsp3) is 0.0400. The van der Waals surface area contributed by atoms with E-state index in [1.807, 2.05) is 12.1 Å². The summed E-state index contributed by atoms with van der Waals surface area (Å²) in [6, 6.07) is 18.2. The number of aromatic nitrogens is 4. The Morgan fingerprint density at radius 2 is 1.26 bits per heavy atom. The van der Waals surface area contributed by atoms with E-state index in [0.717, 1.165) is 27.8 Å². The summed E-state index contributed by atoms with van der Waals surface area (Å²) in [6.45, 7) is 0. The normalized spacial score (nSPS) is 11.7. The topological polar surface area (TPSA) is 60.2 Å². The summed E-state index contributed by atoms with van der Waals surface area (Å²) in [4.78, 5) is 13.3. The second-order valence-corrected chi connectivity index (χ2v) is 8.48. The zero-order valence-corrected chi connectivity index (χ0v) is 19.1. The van der Waals surface area contributed by atoms with Gasteiger partial charge in [0.25, 0.3) is 0 Å². The van der Waals surface area contributed by atoms with E-state index in [0.29, 0.717) is 21.2 Å². The van der Waals surface area contributed by atoms with Crippen LogP contribution in [0.15, 0.2) is 83.8 Å². The van der Waals surface area contributed by atoms with E-state index in [4.69, 9.17) is 23.2 Å². The first-order valence-corrected chi connectivity index (χ1v) is 11.0. The first kappa shape index (κ1) is 23.0. The lowest BCUT2D eigenvalue weighted by Gasteiger charge is -2.13. The van der Waals surface area contributed by atoms with E-state index in [2.05, 4.69) is 15.3 Å². The highest BCUT2D eigenvalue weighted by molar-refractivity contribution is 6.31. The maximum atomic E-state index is 13.3. The van der Waals surface area contributed by atoms with Crippen molar-refractivity contribution in [3.63, 3.8) is 0 Å². The highest BCUT2D eigenvalue weighted by Gasteiger charge is 2.30. The Bertz CT molecular complexity index is 1600. The molecule has 0 aliphatic heterocycles. The number of nitrogens with zero attached hydrogens (tertiary/aromatic N) is 4. The summed E-state index contributed by atoms with van der Waals surface area (Å²) in [5, 5.41) is 13.7. The molecule has 0 aliphatic rings. The van der Waals surface area contributed by atoms with Gasteiger partial charge >= 0.3 is 11.7 Å². The molecular weight excluding hydrogens is 500 g/mol. The summed E-state index contributed by atoms with van der Waals surface area (Å²) >= 11 is 12.1. The second kappa shape index (κ2) is 8.79. The number of alkyl halides is 3. The summed E-state index contributed by atoms with van der Waals surface area (Å²) in [5.74, 6) is 0. The largest absolute Gasteiger partial charge is 0.416 e. The smallest absolute Gasteiger partial charge is 0.265 e. The Morgan fingerprint density at radius 1 is 0.714 bits per heavy atom. The van der Waals surface area contributed by atoms with Crippen LogP contribution in [0, 0.1) is 0 Å². The van der Waals surface area contributed by atoms with E-state index in [-0.39, 0.29) is 16.9 Å². The zero-order valence-electron chi connectivity index (χ0n) is 17.6. The lowest BCUT2D eigenvalue weighted by Crippen LogP contribution is -2.22. The third-order valence-corrected chi connectivity index (χ3v) is 5.91. The van der Waals surface area contributed by atoms with Gasteiger partial charge in [0.05, 0.1) is 11.8 Å². The van der Waals surface area contributed by atoms with Crippen LogP contribution < -0.4 is 5.56 Å². The lowest BCUT2D eigenvalue weighted by atomic mass is 9.97. The minimum atomic E-state index is -4.49. The van der Waals surface area contributed by atoms with Crippen molar-refractivity contribution in [1.29, 1.82) is 0 Å². The van der Waals surface area contributed by atoms with Gasteiger partial charge in [0.2, 0.25) is 0 Å². The molecule has 0 N–H and O–H groups in total. The standard InChI is InChI=1S/C25H13Cl2F3N4O/c26-18-9-3-14(4-10-18)20-13-31-34-23(21(20)15-5-11-19(27)12-6-15)33-32-22(24(34)35)16-1-7-17(8-2-16)25(28,29)30/h1-13H. The van der Waals surface area contributed by atoms with Gasteiger partial charge in [-0.2, -0.15) is 22.8 Å². The van der Waals surface area contributed by atoms with E-state index in [1.54, 1.807) is 36.4 Å². The van der Waals surface area contributed by atoms with Crippen LogP contribution in [0.2, 0.25) is 10.0 Å². The van der Waals surface area contributed by atoms with E-state index >= 15 is 0 Å². The van der Waals surface area contributed by atoms with Crippen molar-refractivity contribution in [2.45, 2.75) is 6.18 Å². The minimum absolute atomic E-state index is 0.120.